The number of benzene rings is 2. The van der Waals surface area contributed by atoms with Crippen molar-refractivity contribution in [1.82, 2.24) is 10.6 Å². The van der Waals surface area contributed by atoms with Crippen LogP contribution in [0.1, 0.15) is 17.2 Å². The van der Waals surface area contributed by atoms with Gasteiger partial charge in [0.15, 0.2) is 6.10 Å². The molecule has 1 unspecified atom stereocenters. The number of cyclic esters (lactones) is 1. The van der Waals surface area contributed by atoms with Gasteiger partial charge in [0.2, 0.25) is 0 Å². The van der Waals surface area contributed by atoms with Crippen molar-refractivity contribution < 1.29 is 32.2 Å². The number of alkyl carbamates (subject to hydrolysis) is 1. The van der Waals surface area contributed by atoms with E-state index < -0.39 is 30.5 Å². The van der Waals surface area contributed by atoms with Crippen LogP contribution in [0.4, 0.5) is 18.0 Å². The molecule has 0 spiro atoms. The fourth-order valence-electron chi connectivity index (χ4n) is 2.81. The molecule has 2 aromatic rings. The fraction of sp³-hybridized carbons (Fsp3) is 0.263. The van der Waals surface area contributed by atoms with Crippen LogP contribution in [0.15, 0.2) is 48.5 Å². The van der Waals surface area contributed by atoms with Crippen LogP contribution in [-0.2, 0) is 16.0 Å². The molecular formula is C19H16ClF3N2O4. The molecule has 1 aliphatic rings. The Bertz CT molecular complexity index is 873. The van der Waals surface area contributed by atoms with Crippen LogP contribution in [0.5, 0.6) is 5.75 Å². The summed E-state index contributed by atoms with van der Waals surface area (Å²) >= 11 is 5.89. The van der Waals surface area contributed by atoms with Gasteiger partial charge in [-0.3, -0.25) is 4.79 Å². The Labute approximate surface area is 168 Å². The molecule has 1 aliphatic heterocycles. The van der Waals surface area contributed by atoms with E-state index in [0.717, 1.165) is 5.56 Å². The van der Waals surface area contributed by atoms with E-state index in [9.17, 15) is 22.8 Å². The number of nitrogens with one attached hydrogen (secondary N) is 2. The van der Waals surface area contributed by atoms with Crippen molar-refractivity contribution in [2.45, 2.75) is 24.9 Å². The lowest BCUT2D eigenvalue weighted by molar-refractivity contribution is -0.274. The second kappa shape index (κ2) is 8.60. The summed E-state index contributed by atoms with van der Waals surface area (Å²) in [5.41, 5.74) is 1.40. The highest BCUT2D eigenvalue weighted by molar-refractivity contribution is 6.30. The maximum atomic E-state index is 12.5. The summed E-state index contributed by atoms with van der Waals surface area (Å²) in [6, 6.07) is 11.6. The Hall–Kier alpha value is -2.94. The predicted octanol–water partition coefficient (Wildman–Crippen LogP) is 3.75. The van der Waals surface area contributed by atoms with Gasteiger partial charge in [0.1, 0.15) is 5.75 Å². The lowest BCUT2D eigenvalue weighted by atomic mass is 9.98. The number of amides is 2. The monoisotopic (exact) mass is 428 g/mol. The minimum absolute atomic E-state index is 0.0384. The van der Waals surface area contributed by atoms with Gasteiger partial charge in [0.05, 0.1) is 12.6 Å². The van der Waals surface area contributed by atoms with E-state index >= 15 is 0 Å². The lowest BCUT2D eigenvalue weighted by Gasteiger charge is -2.21. The number of alkyl halides is 3. The second-order valence-electron chi connectivity index (χ2n) is 6.28. The molecule has 154 valence electrons. The van der Waals surface area contributed by atoms with Gasteiger partial charge in [0, 0.05) is 5.02 Å². The topological polar surface area (TPSA) is 76.7 Å². The van der Waals surface area contributed by atoms with Crippen molar-refractivity contribution in [1.29, 1.82) is 0 Å². The van der Waals surface area contributed by atoms with Gasteiger partial charge in [0.25, 0.3) is 5.91 Å². The first kappa shape index (κ1) is 20.8. The standard InChI is InChI=1S/C19H16ClF3N2O4/c20-13-5-1-11(2-6-13)9-15(25-17(26)16-10-24-18(27)28-16)12-3-7-14(8-4-12)29-19(21,22)23/h1-8,15-16H,9-10H2,(H,24,27)(H,25,26)/t15?,16-/m0/s1. The van der Waals surface area contributed by atoms with E-state index in [2.05, 4.69) is 15.4 Å². The highest BCUT2D eigenvalue weighted by Crippen LogP contribution is 2.26. The zero-order valence-corrected chi connectivity index (χ0v) is 15.6. The summed E-state index contributed by atoms with van der Waals surface area (Å²) in [6.45, 7) is 0.0384. The molecule has 2 amide bonds. The number of hydrogen-bond acceptors (Lipinski definition) is 4. The number of halogens is 4. The zero-order chi connectivity index (χ0) is 21.0. The van der Waals surface area contributed by atoms with Gasteiger partial charge >= 0.3 is 12.5 Å². The molecule has 0 radical (unpaired) electrons. The van der Waals surface area contributed by atoms with Gasteiger partial charge in [-0.05, 0) is 41.8 Å². The first-order valence-corrected chi connectivity index (χ1v) is 8.92. The van der Waals surface area contributed by atoms with Crippen LogP contribution in [0.2, 0.25) is 5.02 Å². The van der Waals surface area contributed by atoms with Crippen molar-refractivity contribution >= 4 is 23.6 Å². The fourth-order valence-corrected chi connectivity index (χ4v) is 2.94. The first-order valence-electron chi connectivity index (χ1n) is 8.54. The maximum absolute atomic E-state index is 12.5. The van der Waals surface area contributed by atoms with Gasteiger partial charge in [-0.25, -0.2) is 4.79 Å². The summed E-state index contributed by atoms with van der Waals surface area (Å²) < 4.78 is 45.8. The van der Waals surface area contributed by atoms with Crippen molar-refractivity contribution in [3.05, 3.63) is 64.7 Å². The highest BCUT2D eigenvalue weighted by Gasteiger charge is 2.32. The average molecular weight is 429 g/mol. The first-order chi connectivity index (χ1) is 13.7. The molecular weight excluding hydrogens is 413 g/mol. The average Bonchev–Trinajstić information content (AvgIpc) is 3.09. The highest BCUT2D eigenvalue weighted by atomic mass is 35.5. The van der Waals surface area contributed by atoms with Gasteiger partial charge < -0.3 is 20.1 Å². The van der Waals surface area contributed by atoms with E-state index in [1.807, 2.05) is 0 Å². The Morgan fingerprint density at radius 3 is 2.41 bits per heavy atom. The molecule has 3 rings (SSSR count). The molecule has 0 bridgehead atoms. The minimum Gasteiger partial charge on any atom is -0.434 e. The van der Waals surface area contributed by atoms with Crippen LogP contribution in [0.25, 0.3) is 0 Å². The Kier molecular flexibility index (Phi) is 6.17. The molecule has 2 N–H and O–H groups in total. The molecule has 1 saturated heterocycles. The minimum atomic E-state index is -4.79. The molecule has 0 saturated carbocycles. The summed E-state index contributed by atoms with van der Waals surface area (Å²) in [6.07, 6.45) is -6.12. The number of carbonyl (C=O) groups excluding carboxylic acids is 2. The summed E-state index contributed by atoms with van der Waals surface area (Å²) in [4.78, 5) is 23.6. The molecule has 0 aliphatic carbocycles. The number of rotatable bonds is 6. The van der Waals surface area contributed by atoms with Crippen LogP contribution >= 0.6 is 11.6 Å². The predicted molar refractivity (Wildman–Crippen MR) is 97.4 cm³/mol. The number of carbonyl (C=O) groups is 2. The number of ether oxygens (including phenoxy) is 2. The second-order valence-corrected chi connectivity index (χ2v) is 6.72. The summed E-state index contributed by atoms with van der Waals surface area (Å²) in [5, 5.41) is 5.71. The number of hydrogen-bond donors (Lipinski definition) is 2. The summed E-state index contributed by atoms with van der Waals surface area (Å²) in [7, 11) is 0. The normalized spacial score (nSPS) is 17.2. The van der Waals surface area contributed by atoms with Crippen LogP contribution in [0, 0.1) is 0 Å². The zero-order valence-electron chi connectivity index (χ0n) is 14.8. The summed E-state index contributed by atoms with van der Waals surface area (Å²) in [5.74, 6) is -0.885. The van der Waals surface area contributed by atoms with E-state index in [1.165, 1.54) is 24.3 Å². The molecule has 1 fully saturated rings. The van der Waals surface area contributed by atoms with Crippen molar-refractivity contribution in [3.63, 3.8) is 0 Å². The van der Waals surface area contributed by atoms with Crippen LogP contribution in [0.3, 0.4) is 0 Å². The smallest absolute Gasteiger partial charge is 0.434 e. The lowest BCUT2D eigenvalue weighted by Crippen LogP contribution is -2.39. The SMILES string of the molecule is O=C1NC[C@@H](C(=O)NC(Cc2ccc(Cl)cc2)c2ccc(OC(F)(F)F)cc2)O1. The van der Waals surface area contributed by atoms with E-state index in [4.69, 9.17) is 16.3 Å². The quantitative estimate of drug-likeness (QED) is 0.734. The van der Waals surface area contributed by atoms with E-state index in [1.54, 1.807) is 24.3 Å². The molecule has 2 aromatic carbocycles. The van der Waals surface area contributed by atoms with E-state index in [-0.39, 0.29) is 12.3 Å². The van der Waals surface area contributed by atoms with Gasteiger partial charge in [-0.15, -0.1) is 13.2 Å². The molecule has 0 aromatic heterocycles. The largest absolute Gasteiger partial charge is 0.573 e. The Morgan fingerprint density at radius 2 is 1.86 bits per heavy atom. The van der Waals surface area contributed by atoms with Crippen molar-refractivity contribution in [2.75, 3.05) is 6.54 Å². The third kappa shape index (κ3) is 6.02. The van der Waals surface area contributed by atoms with Gasteiger partial charge in [-0.2, -0.15) is 0 Å². The molecule has 1 heterocycles. The Balaban J connectivity index is 1.78. The molecule has 2 atom stereocenters. The van der Waals surface area contributed by atoms with E-state index in [0.29, 0.717) is 17.0 Å². The molecule has 29 heavy (non-hydrogen) atoms. The Morgan fingerprint density at radius 1 is 1.21 bits per heavy atom. The maximum Gasteiger partial charge on any atom is 0.573 e. The third-order valence-electron chi connectivity index (χ3n) is 4.16. The van der Waals surface area contributed by atoms with Crippen molar-refractivity contribution in [3.8, 4) is 5.75 Å². The van der Waals surface area contributed by atoms with Gasteiger partial charge in [-0.1, -0.05) is 35.9 Å². The van der Waals surface area contributed by atoms with Crippen LogP contribution < -0.4 is 15.4 Å². The molecule has 10 heteroatoms. The van der Waals surface area contributed by atoms with Crippen molar-refractivity contribution in [2.24, 2.45) is 0 Å². The molecule has 6 nitrogen and oxygen atoms in total. The van der Waals surface area contributed by atoms with Crippen LogP contribution in [-0.4, -0.2) is 31.0 Å². The third-order valence-corrected chi connectivity index (χ3v) is 4.41.